The van der Waals surface area contributed by atoms with Crippen LogP contribution in [0.5, 0.6) is 0 Å². The molecule has 0 nitrogen and oxygen atoms in total. The van der Waals surface area contributed by atoms with E-state index < -0.39 is 0 Å². The molecule has 0 aliphatic carbocycles. The van der Waals surface area contributed by atoms with E-state index >= 15 is 0 Å². The summed E-state index contributed by atoms with van der Waals surface area (Å²) in [6, 6.07) is 4.21. The van der Waals surface area contributed by atoms with Gasteiger partial charge in [0.2, 0.25) is 0 Å². The van der Waals surface area contributed by atoms with Crippen molar-refractivity contribution in [1.82, 2.24) is 0 Å². The molecule has 0 N–H and O–H groups in total. The first-order chi connectivity index (χ1) is 6.77. The van der Waals surface area contributed by atoms with Gasteiger partial charge in [0.25, 0.3) is 0 Å². The topological polar surface area (TPSA) is 0 Å². The van der Waals surface area contributed by atoms with Gasteiger partial charge in [-0.2, -0.15) is 11.3 Å². The second kappa shape index (κ2) is 4.47. The van der Waals surface area contributed by atoms with Gasteiger partial charge in [-0.15, -0.1) is 22.9 Å². The van der Waals surface area contributed by atoms with E-state index in [1.54, 1.807) is 22.7 Å². The summed E-state index contributed by atoms with van der Waals surface area (Å²) in [5.41, 5.74) is 2.59. The average Bonchev–Trinajstić information content (AvgIpc) is 2.75. The highest BCUT2D eigenvalue weighted by Crippen LogP contribution is 2.30. The fourth-order valence-corrected chi connectivity index (χ4v) is 3.63. The molecule has 0 saturated carbocycles. The second-order valence-corrected chi connectivity index (χ2v) is 5.56. The zero-order valence-electron chi connectivity index (χ0n) is 7.87. The minimum absolute atomic E-state index is 0.125. The standard InChI is InChI=1S/C11H11ClS2/c1-8-6-13-7-10(8)11(12)5-9-3-2-4-14-9/h2-4,6-7,11H,5H2,1H3. The van der Waals surface area contributed by atoms with Crippen molar-refractivity contribution in [3.05, 3.63) is 44.3 Å². The van der Waals surface area contributed by atoms with Crippen LogP contribution in [0.2, 0.25) is 0 Å². The first-order valence-electron chi connectivity index (χ1n) is 4.46. The molecule has 0 radical (unpaired) electrons. The van der Waals surface area contributed by atoms with Crippen molar-refractivity contribution in [3.63, 3.8) is 0 Å². The first kappa shape index (κ1) is 10.2. The Labute approximate surface area is 97.2 Å². The molecule has 2 heterocycles. The first-order valence-corrected chi connectivity index (χ1v) is 6.72. The molecule has 0 fully saturated rings. The maximum Gasteiger partial charge on any atom is 0.0644 e. The number of thiophene rings is 2. The second-order valence-electron chi connectivity index (χ2n) is 3.26. The van der Waals surface area contributed by atoms with Crippen molar-refractivity contribution in [2.75, 3.05) is 0 Å². The van der Waals surface area contributed by atoms with Crippen molar-refractivity contribution in [2.24, 2.45) is 0 Å². The van der Waals surface area contributed by atoms with Crippen LogP contribution in [0.3, 0.4) is 0 Å². The third-order valence-corrected chi connectivity index (χ3v) is 4.36. The summed E-state index contributed by atoms with van der Waals surface area (Å²) in [7, 11) is 0. The summed E-state index contributed by atoms with van der Waals surface area (Å²) < 4.78 is 0. The summed E-state index contributed by atoms with van der Waals surface area (Å²) in [5, 5.41) is 6.53. The van der Waals surface area contributed by atoms with Gasteiger partial charge >= 0.3 is 0 Å². The lowest BCUT2D eigenvalue weighted by Crippen LogP contribution is -1.93. The van der Waals surface area contributed by atoms with Crippen LogP contribution >= 0.6 is 34.3 Å². The van der Waals surface area contributed by atoms with E-state index in [4.69, 9.17) is 11.6 Å². The molecule has 0 bridgehead atoms. The lowest BCUT2D eigenvalue weighted by molar-refractivity contribution is 0.934. The van der Waals surface area contributed by atoms with Crippen LogP contribution in [0, 0.1) is 6.92 Å². The Bertz CT molecular complexity index is 389. The van der Waals surface area contributed by atoms with Crippen molar-refractivity contribution in [1.29, 1.82) is 0 Å². The molecule has 0 aliphatic heterocycles. The van der Waals surface area contributed by atoms with Gasteiger partial charge in [-0.05, 0) is 40.3 Å². The minimum Gasteiger partial charge on any atom is -0.152 e. The van der Waals surface area contributed by atoms with E-state index in [0.29, 0.717) is 0 Å². The Balaban J connectivity index is 2.10. The molecule has 2 rings (SSSR count). The number of aryl methyl sites for hydroxylation is 1. The maximum atomic E-state index is 6.36. The molecule has 0 saturated heterocycles. The highest BCUT2D eigenvalue weighted by Gasteiger charge is 2.12. The van der Waals surface area contributed by atoms with E-state index in [1.165, 1.54) is 16.0 Å². The Morgan fingerprint density at radius 3 is 2.86 bits per heavy atom. The molecule has 0 aromatic carbocycles. The van der Waals surface area contributed by atoms with Crippen molar-refractivity contribution < 1.29 is 0 Å². The van der Waals surface area contributed by atoms with Crippen LogP contribution < -0.4 is 0 Å². The molecule has 74 valence electrons. The smallest absolute Gasteiger partial charge is 0.0644 e. The lowest BCUT2D eigenvalue weighted by Gasteiger charge is -2.07. The molecule has 14 heavy (non-hydrogen) atoms. The van der Waals surface area contributed by atoms with Gasteiger partial charge in [-0.1, -0.05) is 6.07 Å². The molecular weight excluding hydrogens is 232 g/mol. The van der Waals surface area contributed by atoms with Gasteiger partial charge in [0.05, 0.1) is 5.38 Å². The third-order valence-electron chi connectivity index (χ3n) is 2.19. The van der Waals surface area contributed by atoms with E-state index in [9.17, 15) is 0 Å². The normalized spacial score (nSPS) is 13.0. The lowest BCUT2D eigenvalue weighted by atomic mass is 10.1. The van der Waals surface area contributed by atoms with Crippen molar-refractivity contribution in [2.45, 2.75) is 18.7 Å². The van der Waals surface area contributed by atoms with Crippen LogP contribution in [0.15, 0.2) is 28.3 Å². The molecule has 2 aromatic rings. The predicted octanol–water partition coefficient (Wildman–Crippen LogP) is 4.64. The summed E-state index contributed by atoms with van der Waals surface area (Å²) in [6.07, 6.45) is 0.941. The molecule has 0 amide bonds. The molecule has 2 aromatic heterocycles. The fourth-order valence-electron chi connectivity index (χ4n) is 1.41. The molecule has 3 heteroatoms. The van der Waals surface area contributed by atoms with E-state index in [0.717, 1.165) is 6.42 Å². The number of hydrogen-bond acceptors (Lipinski definition) is 2. The monoisotopic (exact) mass is 242 g/mol. The zero-order chi connectivity index (χ0) is 9.97. The Kier molecular flexibility index (Phi) is 3.26. The maximum absolute atomic E-state index is 6.36. The predicted molar refractivity (Wildman–Crippen MR) is 65.7 cm³/mol. The van der Waals surface area contributed by atoms with Crippen molar-refractivity contribution in [3.8, 4) is 0 Å². The van der Waals surface area contributed by atoms with E-state index in [-0.39, 0.29) is 5.38 Å². The molecule has 0 aliphatic rings. The van der Waals surface area contributed by atoms with Gasteiger partial charge in [-0.3, -0.25) is 0 Å². The van der Waals surface area contributed by atoms with E-state index in [1.807, 2.05) is 0 Å². The Hall–Kier alpha value is -0.310. The van der Waals surface area contributed by atoms with Gasteiger partial charge in [-0.25, -0.2) is 0 Å². The fraction of sp³-hybridized carbons (Fsp3) is 0.273. The van der Waals surface area contributed by atoms with Crippen LogP contribution in [-0.2, 0) is 6.42 Å². The Morgan fingerprint density at radius 1 is 1.43 bits per heavy atom. The van der Waals surface area contributed by atoms with Crippen molar-refractivity contribution >= 4 is 34.3 Å². The summed E-state index contributed by atoms with van der Waals surface area (Å²) in [5.74, 6) is 0. The summed E-state index contributed by atoms with van der Waals surface area (Å²) >= 11 is 9.86. The quantitative estimate of drug-likeness (QED) is 0.688. The molecular formula is C11H11ClS2. The average molecular weight is 243 g/mol. The van der Waals surface area contributed by atoms with Crippen LogP contribution in [0.1, 0.15) is 21.4 Å². The summed E-state index contributed by atoms with van der Waals surface area (Å²) in [4.78, 5) is 1.36. The largest absolute Gasteiger partial charge is 0.152 e. The SMILES string of the molecule is Cc1cscc1C(Cl)Cc1cccs1. The Morgan fingerprint density at radius 2 is 2.29 bits per heavy atom. The molecule has 1 atom stereocenters. The number of rotatable bonds is 3. The third kappa shape index (κ3) is 2.19. The van der Waals surface area contributed by atoms with E-state index in [2.05, 4.69) is 35.2 Å². The number of halogens is 1. The van der Waals surface area contributed by atoms with Gasteiger partial charge in [0.1, 0.15) is 0 Å². The zero-order valence-corrected chi connectivity index (χ0v) is 10.3. The van der Waals surface area contributed by atoms with Gasteiger partial charge in [0, 0.05) is 11.3 Å². The van der Waals surface area contributed by atoms with Gasteiger partial charge < -0.3 is 0 Å². The number of alkyl halides is 1. The highest BCUT2D eigenvalue weighted by atomic mass is 35.5. The van der Waals surface area contributed by atoms with Crippen LogP contribution in [0.4, 0.5) is 0 Å². The van der Waals surface area contributed by atoms with Gasteiger partial charge in [0.15, 0.2) is 0 Å². The number of hydrogen-bond donors (Lipinski definition) is 0. The molecule has 1 unspecified atom stereocenters. The van der Waals surface area contributed by atoms with Crippen LogP contribution in [0.25, 0.3) is 0 Å². The van der Waals surface area contributed by atoms with Crippen LogP contribution in [-0.4, -0.2) is 0 Å². The highest BCUT2D eigenvalue weighted by molar-refractivity contribution is 7.10. The summed E-state index contributed by atoms with van der Waals surface area (Å²) in [6.45, 7) is 2.12. The minimum atomic E-state index is 0.125. The molecule has 0 spiro atoms.